The highest BCUT2D eigenvalue weighted by molar-refractivity contribution is 7.89. The van der Waals surface area contributed by atoms with Crippen LogP contribution in [0.4, 0.5) is 0 Å². The molecule has 3 N–H and O–H groups in total. The van der Waals surface area contributed by atoms with Gasteiger partial charge in [-0.2, -0.15) is 0 Å². The second-order valence-corrected chi connectivity index (χ2v) is 9.28. The quantitative estimate of drug-likeness (QED) is 0.482. The van der Waals surface area contributed by atoms with Crippen LogP contribution in [0.3, 0.4) is 0 Å². The summed E-state index contributed by atoms with van der Waals surface area (Å²) in [6.45, 7) is 5.39. The van der Waals surface area contributed by atoms with E-state index < -0.39 is 15.8 Å². The molecule has 32 heavy (non-hydrogen) atoms. The van der Waals surface area contributed by atoms with Crippen molar-refractivity contribution in [3.8, 4) is 28.6 Å². The van der Waals surface area contributed by atoms with Crippen molar-refractivity contribution >= 4 is 10.0 Å². The molecule has 3 aromatic rings. The molecule has 170 valence electrons. The van der Waals surface area contributed by atoms with E-state index in [2.05, 4.69) is 19.8 Å². The number of nitrogens with zero attached hydrogens (tertiary/aromatic N) is 4. The van der Waals surface area contributed by atoms with Gasteiger partial charge >= 0.3 is 0 Å². The number of benzene rings is 2. The Kier molecular flexibility index (Phi) is 6.42. The maximum atomic E-state index is 12.9. The van der Waals surface area contributed by atoms with Gasteiger partial charge in [0.25, 0.3) is 0 Å². The maximum absolute atomic E-state index is 12.9. The highest BCUT2D eigenvalue weighted by atomic mass is 32.2. The van der Waals surface area contributed by atoms with Crippen LogP contribution in [0.15, 0.2) is 47.6 Å². The van der Waals surface area contributed by atoms with Crippen molar-refractivity contribution in [2.24, 2.45) is 0 Å². The number of rotatable bonds is 7. The number of phenols is 2. The number of hydrogen-bond acceptors (Lipinski definition) is 8. The summed E-state index contributed by atoms with van der Waals surface area (Å²) < 4.78 is 35.2. The zero-order valence-electron chi connectivity index (χ0n) is 17.6. The van der Waals surface area contributed by atoms with E-state index in [9.17, 15) is 18.6 Å². The molecule has 0 atom stereocenters. The SMILES string of the molecule is Cc1ccc(-n2cnnc2-c2cc(S(=O)(=O)NCCN3CCOCC3)c(O)cc2O)cc1. The van der Waals surface area contributed by atoms with Crippen LogP contribution in [0.25, 0.3) is 17.1 Å². The Morgan fingerprint density at radius 2 is 1.81 bits per heavy atom. The zero-order valence-corrected chi connectivity index (χ0v) is 18.4. The summed E-state index contributed by atoms with van der Waals surface area (Å²) >= 11 is 0. The predicted molar refractivity (Wildman–Crippen MR) is 117 cm³/mol. The lowest BCUT2D eigenvalue weighted by atomic mass is 10.1. The first-order valence-electron chi connectivity index (χ1n) is 10.2. The van der Waals surface area contributed by atoms with Crippen LogP contribution in [-0.2, 0) is 14.8 Å². The Morgan fingerprint density at radius 1 is 1.09 bits per heavy atom. The third-order valence-corrected chi connectivity index (χ3v) is 6.78. The number of phenolic OH excluding ortho intramolecular Hbond substituents is 2. The molecule has 1 saturated heterocycles. The van der Waals surface area contributed by atoms with Gasteiger partial charge in [0.1, 0.15) is 22.7 Å². The van der Waals surface area contributed by atoms with Crippen LogP contribution < -0.4 is 4.72 Å². The van der Waals surface area contributed by atoms with Gasteiger partial charge in [0.15, 0.2) is 5.82 Å². The molecule has 10 nitrogen and oxygen atoms in total. The molecule has 1 aromatic heterocycles. The van der Waals surface area contributed by atoms with Gasteiger partial charge in [-0.3, -0.25) is 9.47 Å². The molecule has 1 aliphatic rings. The molecule has 0 unspecified atom stereocenters. The van der Waals surface area contributed by atoms with Gasteiger partial charge in [0.05, 0.1) is 18.8 Å². The summed E-state index contributed by atoms with van der Waals surface area (Å²) in [5, 5.41) is 28.7. The van der Waals surface area contributed by atoms with Gasteiger partial charge in [-0.05, 0) is 25.1 Å². The number of nitrogens with one attached hydrogen (secondary N) is 1. The van der Waals surface area contributed by atoms with Crippen molar-refractivity contribution < 1.29 is 23.4 Å². The van der Waals surface area contributed by atoms with Crippen LogP contribution >= 0.6 is 0 Å². The van der Waals surface area contributed by atoms with Crippen LogP contribution in [0.5, 0.6) is 11.5 Å². The fourth-order valence-electron chi connectivity index (χ4n) is 3.51. The highest BCUT2D eigenvalue weighted by Gasteiger charge is 2.24. The molecular weight excluding hydrogens is 434 g/mol. The van der Waals surface area contributed by atoms with Gasteiger partial charge in [0, 0.05) is 37.9 Å². The summed E-state index contributed by atoms with van der Waals surface area (Å²) in [7, 11) is -4.03. The standard InChI is InChI=1S/C21H25N5O5S/c1-15-2-4-16(5-3-15)26-14-22-24-21(26)17-12-20(19(28)13-18(17)27)32(29,30)23-6-7-25-8-10-31-11-9-25/h2-5,12-14,23,27-28H,6-11H2,1H3. The van der Waals surface area contributed by atoms with Crippen LogP contribution in [0.2, 0.25) is 0 Å². The van der Waals surface area contributed by atoms with E-state index >= 15 is 0 Å². The molecule has 2 aromatic carbocycles. The Hall–Kier alpha value is -2.99. The van der Waals surface area contributed by atoms with Gasteiger partial charge in [-0.25, -0.2) is 13.1 Å². The van der Waals surface area contributed by atoms with Gasteiger partial charge in [-0.15, -0.1) is 10.2 Å². The van der Waals surface area contributed by atoms with E-state index in [1.807, 2.05) is 31.2 Å². The zero-order chi connectivity index (χ0) is 22.7. The summed E-state index contributed by atoms with van der Waals surface area (Å²) in [6, 6.07) is 9.78. The Labute approximate surface area is 186 Å². The maximum Gasteiger partial charge on any atom is 0.244 e. The normalized spacial score (nSPS) is 15.2. The molecule has 0 saturated carbocycles. The monoisotopic (exact) mass is 459 g/mol. The van der Waals surface area contributed by atoms with Crippen LogP contribution in [-0.4, -0.2) is 77.7 Å². The van der Waals surface area contributed by atoms with Crippen molar-refractivity contribution in [3.05, 3.63) is 48.3 Å². The lowest BCUT2D eigenvalue weighted by Crippen LogP contribution is -2.41. The van der Waals surface area contributed by atoms with Crippen molar-refractivity contribution in [1.82, 2.24) is 24.4 Å². The van der Waals surface area contributed by atoms with Crippen LogP contribution in [0, 0.1) is 6.92 Å². The third kappa shape index (κ3) is 4.75. The molecule has 2 heterocycles. The summed E-state index contributed by atoms with van der Waals surface area (Å²) in [6.07, 6.45) is 1.47. The number of morpholine rings is 1. The molecule has 0 bridgehead atoms. The molecule has 11 heteroatoms. The van der Waals surface area contributed by atoms with E-state index in [0.717, 1.165) is 30.4 Å². The van der Waals surface area contributed by atoms with E-state index in [4.69, 9.17) is 4.74 Å². The largest absolute Gasteiger partial charge is 0.507 e. The molecule has 0 aliphatic carbocycles. The van der Waals surface area contributed by atoms with Crippen LogP contribution in [0.1, 0.15) is 5.56 Å². The van der Waals surface area contributed by atoms with E-state index in [1.165, 1.54) is 12.4 Å². The fraction of sp³-hybridized carbons (Fsp3) is 0.333. The lowest BCUT2D eigenvalue weighted by molar-refractivity contribution is 0.0390. The first kappa shape index (κ1) is 22.2. The van der Waals surface area contributed by atoms with Gasteiger partial charge < -0.3 is 14.9 Å². The number of aromatic nitrogens is 3. The number of hydrogen-bond donors (Lipinski definition) is 3. The average Bonchev–Trinajstić information content (AvgIpc) is 3.24. The lowest BCUT2D eigenvalue weighted by Gasteiger charge is -2.26. The van der Waals surface area contributed by atoms with Gasteiger partial charge in [0.2, 0.25) is 10.0 Å². The van der Waals surface area contributed by atoms with E-state index in [1.54, 1.807) is 4.57 Å². The average molecular weight is 460 g/mol. The molecule has 0 spiro atoms. The molecule has 0 amide bonds. The van der Waals surface area contributed by atoms with Crippen molar-refractivity contribution in [2.45, 2.75) is 11.8 Å². The topological polar surface area (TPSA) is 130 Å². The Morgan fingerprint density at radius 3 is 2.53 bits per heavy atom. The number of aromatic hydroxyl groups is 2. The third-order valence-electron chi connectivity index (χ3n) is 5.29. The molecule has 1 fully saturated rings. The number of sulfonamides is 1. The fourth-order valence-corrected chi connectivity index (χ4v) is 4.63. The minimum Gasteiger partial charge on any atom is -0.507 e. The Bertz CT molecular complexity index is 1190. The first-order valence-corrected chi connectivity index (χ1v) is 11.7. The number of ether oxygens (including phenoxy) is 1. The van der Waals surface area contributed by atoms with E-state index in [0.29, 0.717) is 19.8 Å². The van der Waals surface area contributed by atoms with Crippen molar-refractivity contribution in [1.29, 1.82) is 0 Å². The second kappa shape index (κ2) is 9.25. The highest BCUT2D eigenvalue weighted by Crippen LogP contribution is 2.36. The Balaban J connectivity index is 1.61. The van der Waals surface area contributed by atoms with Crippen molar-refractivity contribution in [3.63, 3.8) is 0 Å². The molecular formula is C21H25N5O5S. The summed E-state index contributed by atoms with van der Waals surface area (Å²) in [5.41, 5.74) is 1.96. The van der Waals surface area contributed by atoms with E-state index in [-0.39, 0.29) is 28.6 Å². The second-order valence-electron chi connectivity index (χ2n) is 7.55. The molecule has 0 radical (unpaired) electrons. The number of aryl methyl sites for hydroxylation is 1. The molecule has 4 rings (SSSR count). The van der Waals surface area contributed by atoms with Gasteiger partial charge in [-0.1, -0.05) is 17.7 Å². The minimum atomic E-state index is -4.03. The summed E-state index contributed by atoms with van der Waals surface area (Å²) in [4.78, 5) is 1.75. The smallest absolute Gasteiger partial charge is 0.244 e. The molecule has 1 aliphatic heterocycles. The predicted octanol–water partition coefficient (Wildman–Crippen LogP) is 1.26. The van der Waals surface area contributed by atoms with Crippen molar-refractivity contribution in [2.75, 3.05) is 39.4 Å². The summed E-state index contributed by atoms with van der Waals surface area (Å²) in [5.74, 6) is -0.612. The minimum absolute atomic E-state index is 0.134. The first-order chi connectivity index (χ1) is 15.3.